The summed E-state index contributed by atoms with van der Waals surface area (Å²) in [7, 11) is -1.20. The molecular weight excluding hydrogens is 434 g/mol. The number of β-amino-alcohol motifs (C(OH)–C–C–N with tert-alkyl or cyclic N) is 1. The van der Waals surface area contributed by atoms with Gasteiger partial charge in [-0.25, -0.2) is 12.7 Å². The molecule has 3 heterocycles. The average molecular weight is 473 g/mol. The highest BCUT2D eigenvalue weighted by Gasteiger charge is 2.53. The lowest BCUT2D eigenvalue weighted by molar-refractivity contribution is -0.134. The van der Waals surface area contributed by atoms with E-state index < -0.39 is 21.7 Å². The number of carbonyl (C=O) groups is 2. The molecule has 1 radical (unpaired) electrons. The minimum absolute atomic E-state index is 0.126. The van der Waals surface area contributed by atoms with E-state index in [0.717, 1.165) is 12.8 Å². The first-order valence-corrected chi connectivity index (χ1v) is 13.1. The van der Waals surface area contributed by atoms with Crippen molar-refractivity contribution in [2.45, 2.75) is 56.7 Å². The smallest absolute Gasteiger partial charge is 0.237 e. The van der Waals surface area contributed by atoms with Crippen molar-refractivity contribution in [3.8, 4) is 0 Å². The fourth-order valence-corrected chi connectivity index (χ4v) is 6.79. The predicted molar refractivity (Wildman–Crippen MR) is 121 cm³/mol. The van der Waals surface area contributed by atoms with Crippen molar-refractivity contribution in [2.24, 2.45) is 5.73 Å². The summed E-state index contributed by atoms with van der Waals surface area (Å²) in [5.41, 5.74) is 5.03. The maximum atomic E-state index is 12.2. The lowest BCUT2D eigenvalue weighted by Crippen LogP contribution is -2.60. The van der Waals surface area contributed by atoms with Crippen LogP contribution in [0.5, 0.6) is 0 Å². The zero-order chi connectivity index (χ0) is 23.5. The molecule has 2 bridgehead atoms. The molecule has 0 aromatic heterocycles. The Balaban J connectivity index is 1.48. The Labute approximate surface area is 191 Å². The van der Waals surface area contributed by atoms with Crippen LogP contribution in [0.15, 0.2) is 0 Å². The van der Waals surface area contributed by atoms with Gasteiger partial charge in [-0.1, -0.05) is 0 Å². The molecule has 3 aliphatic heterocycles. The largest absolute Gasteiger partial charge is 0.390 e. The Hall–Kier alpha value is -1.27. The number of fused-ring (bicyclic) bond motifs is 2. The highest BCUT2D eigenvalue weighted by molar-refractivity contribution is 7.89. The highest BCUT2D eigenvalue weighted by Crippen LogP contribution is 2.43. The number of piperidine rings is 1. The molecule has 2 amide bonds. The van der Waals surface area contributed by atoms with Crippen molar-refractivity contribution >= 4 is 21.8 Å². The van der Waals surface area contributed by atoms with Crippen molar-refractivity contribution in [3.63, 3.8) is 0 Å². The van der Waals surface area contributed by atoms with E-state index in [1.165, 1.54) is 11.2 Å². The molecule has 3 N–H and O–H groups in total. The van der Waals surface area contributed by atoms with Crippen LogP contribution >= 0.6 is 0 Å². The molecule has 0 aliphatic carbocycles. The van der Waals surface area contributed by atoms with Crippen molar-refractivity contribution in [3.05, 3.63) is 6.42 Å². The van der Waals surface area contributed by atoms with Crippen LogP contribution in [-0.4, -0.2) is 121 Å². The van der Waals surface area contributed by atoms with Gasteiger partial charge in [-0.15, -0.1) is 0 Å². The van der Waals surface area contributed by atoms with Gasteiger partial charge < -0.3 is 20.6 Å². The maximum absolute atomic E-state index is 12.2. The number of primary amides is 1. The van der Waals surface area contributed by atoms with Gasteiger partial charge in [0.25, 0.3) is 0 Å². The van der Waals surface area contributed by atoms with E-state index in [4.69, 9.17) is 5.73 Å². The molecule has 3 atom stereocenters. The second-order valence-corrected chi connectivity index (χ2v) is 11.5. The summed E-state index contributed by atoms with van der Waals surface area (Å²) in [6, 6.07) is 0.213. The molecule has 32 heavy (non-hydrogen) atoms. The van der Waals surface area contributed by atoms with Crippen molar-refractivity contribution < 1.29 is 23.1 Å². The van der Waals surface area contributed by atoms with E-state index in [1.807, 2.05) is 11.9 Å². The van der Waals surface area contributed by atoms with Gasteiger partial charge in [0.2, 0.25) is 21.8 Å². The van der Waals surface area contributed by atoms with Crippen LogP contribution in [0.1, 0.15) is 39.0 Å². The standard InChI is InChI=1S/C21H38N5O5S/c1-17(27)24(12-10-23(2)11-13-25-9-4-14-32(25,30)31)15-19(28)16-26-18-5-3-7-21(26,8-6-18)20(22)29/h3,18-19,28H,4-16H2,1-2H3,(H2,22,29)/t18-,19?,21+/m1/s1. The SMILES string of the molecule is CC(=O)N(CCN(C)CCN1CCCS1(=O)=O)CC(O)CN1[C@@H]2C[CH]C[C@@]1(C(N)=O)CC2. The molecule has 10 nitrogen and oxygen atoms in total. The van der Waals surface area contributed by atoms with Gasteiger partial charge >= 0.3 is 0 Å². The molecule has 3 saturated heterocycles. The number of hydrogen-bond donors (Lipinski definition) is 2. The van der Waals surface area contributed by atoms with Gasteiger partial charge in [0.05, 0.1) is 11.9 Å². The second-order valence-electron chi connectivity index (χ2n) is 9.46. The quantitative estimate of drug-likeness (QED) is 0.389. The third-order valence-corrected chi connectivity index (χ3v) is 9.19. The third-order valence-electron chi connectivity index (χ3n) is 7.23. The number of likely N-dealkylation sites (N-methyl/N-ethyl adjacent to an activating group) is 1. The van der Waals surface area contributed by atoms with Gasteiger partial charge in [-0.2, -0.15) is 0 Å². The number of aliphatic hydroxyl groups excluding tert-OH is 1. The molecule has 3 rings (SSSR count). The van der Waals surface area contributed by atoms with Crippen LogP contribution in [0, 0.1) is 6.42 Å². The number of nitrogens with zero attached hydrogens (tertiary/aromatic N) is 4. The molecule has 0 saturated carbocycles. The number of hydrogen-bond acceptors (Lipinski definition) is 7. The number of amides is 2. The van der Waals surface area contributed by atoms with Gasteiger partial charge in [0, 0.05) is 58.8 Å². The Morgan fingerprint density at radius 1 is 1.31 bits per heavy atom. The Morgan fingerprint density at radius 2 is 2.06 bits per heavy atom. The monoisotopic (exact) mass is 472 g/mol. The summed E-state index contributed by atoms with van der Waals surface area (Å²) in [6.45, 7) is 4.60. The molecule has 3 aliphatic rings. The number of nitrogens with two attached hydrogens (primary N) is 1. The van der Waals surface area contributed by atoms with Crippen LogP contribution in [0.2, 0.25) is 0 Å². The van der Waals surface area contributed by atoms with E-state index >= 15 is 0 Å². The first-order valence-electron chi connectivity index (χ1n) is 11.5. The molecule has 0 aromatic rings. The topological polar surface area (TPSA) is 127 Å². The predicted octanol–water partition coefficient (Wildman–Crippen LogP) is -1.15. The summed E-state index contributed by atoms with van der Waals surface area (Å²) in [4.78, 5) is 30.0. The van der Waals surface area contributed by atoms with E-state index in [-0.39, 0.29) is 30.2 Å². The normalized spacial score (nSPS) is 28.8. The summed E-state index contributed by atoms with van der Waals surface area (Å²) in [6.07, 6.45) is 5.11. The zero-order valence-electron chi connectivity index (χ0n) is 19.3. The van der Waals surface area contributed by atoms with Crippen LogP contribution < -0.4 is 5.73 Å². The van der Waals surface area contributed by atoms with E-state index in [0.29, 0.717) is 58.5 Å². The average Bonchev–Trinajstić information content (AvgIpc) is 3.13. The summed E-state index contributed by atoms with van der Waals surface area (Å²) >= 11 is 0. The lowest BCUT2D eigenvalue weighted by Gasteiger charge is -2.43. The number of sulfonamides is 1. The Bertz CT molecular complexity index is 789. The van der Waals surface area contributed by atoms with E-state index in [2.05, 4.69) is 11.3 Å². The van der Waals surface area contributed by atoms with Crippen LogP contribution in [0.4, 0.5) is 0 Å². The Kier molecular flexibility index (Phi) is 8.19. The van der Waals surface area contributed by atoms with Crippen LogP contribution in [-0.2, 0) is 19.6 Å². The fraction of sp³-hybridized carbons (Fsp3) is 0.857. The van der Waals surface area contributed by atoms with Gasteiger partial charge in [-0.3, -0.25) is 14.5 Å². The summed E-state index contributed by atoms with van der Waals surface area (Å²) in [5, 5.41) is 10.8. The number of carbonyl (C=O) groups excluding carboxylic acids is 2. The van der Waals surface area contributed by atoms with E-state index in [9.17, 15) is 23.1 Å². The third kappa shape index (κ3) is 5.61. The Morgan fingerprint density at radius 3 is 2.69 bits per heavy atom. The fourth-order valence-electron chi connectivity index (χ4n) is 5.27. The lowest BCUT2D eigenvalue weighted by atomic mass is 9.87. The number of aliphatic hydroxyl groups is 1. The van der Waals surface area contributed by atoms with Crippen molar-refractivity contribution in [2.75, 3.05) is 58.6 Å². The van der Waals surface area contributed by atoms with Crippen molar-refractivity contribution in [1.82, 2.24) is 19.0 Å². The molecule has 0 spiro atoms. The van der Waals surface area contributed by atoms with Crippen LogP contribution in [0.3, 0.4) is 0 Å². The van der Waals surface area contributed by atoms with E-state index in [1.54, 1.807) is 4.90 Å². The second kappa shape index (κ2) is 10.3. The maximum Gasteiger partial charge on any atom is 0.237 e. The molecule has 1 unspecified atom stereocenters. The molecule has 183 valence electrons. The van der Waals surface area contributed by atoms with Gasteiger partial charge in [0.1, 0.15) is 5.54 Å². The molecule has 3 fully saturated rings. The zero-order valence-corrected chi connectivity index (χ0v) is 20.1. The first kappa shape index (κ1) is 25.4. The molecular formula is C21H38N5O5S. The highest BCUT2D eigenvalue weighted by atomic mass is 32.2. The summed E-state index contributed by atoms with van der Waals surface area (Å²) in [5.74, 6) is -0.244. The van der Waals surface area contributed by atoms with Gasteiger partial charge in [0.15, 0.2) is 0 Å². The minimum atomic E-state index is -3.10. The number of rotatable bonds is 11. The minimum Gasteiger partial charge on any atom is -0.390 e. The molecule has 0 aromatic carbocycles. The van der Waals surface area contributed by atoms with Crippen LogP contribution in [0.25, 0.3) is 0 Å². The molecule has 11 heteroatoms. The first-order chi connectivity index (χ1) is 15.0. The summed E-state index contributed by atoms with van der Waals surface area (Å²) < 4.78 is 25.4. The van der Waals surface area contributed by atoms with Crippen molar-refractivity contribution in [1.29, 1.82) is 0 Å². The van der Waals surface area contributed by atoms with Gasteiger partial charge in [-0.05, 0) is 45.6 Å².